The van der Waals surface area contributed by atoms with Gasteiger partial charge in [-0.05, 0) is 26.0 Å². The first-order chi connectivity index (χ1) is 8.04. The molecule has 0 spiro atoms. The Bertz CT molecular complexity index is 398. The van der Waals surface area contributed by atoms with Gasteiger partial charge in [0.25, 0.3) is 5.69 Å². The van der Waals surface area contributed by atoms with Crippen molar-refractivity contribution in [3.63, 3.8) is 0 Å². The van der Waals surface area contributed by atoms with Gasteiger partial charge in [-0.2, -0.15) is 0 Å². The van der Waals surface area contributed by atoms with Gasteiger partial charge >= 0.3 is 0 Å². The van der Waals surface area contributed by atoms with Gasteiger partial charge in [-0.25, -0.2) is 4.39 Å². The van der Waals surface area contributed by atoms with E-state index >= 15 is 0 Å². The van der Waals surface area contributed by atoms with Crippen LogP contribution < -0.4 is 5.32 Å². The molecule has 0 heterocycles. The van der Waals surface area contributed by atoms with Crippen LogP contribution >= 0.6 is 0 Å². The Kier molecular flexibility index (Phi) is 4.84. The maximum atomic E-state index is 12.9. The van der Waals surface area contributed by atoms with Gasteiger partial charge in [0.15, 0.2) is 0 Å². The van der Waals surface area contributed by atoms with Crippen molar-refractivity contribution >= 4 is 11.4 Å². The average molecular weight is 242 g/mol. The van der Waals surface area contributed by atoms with Gasteiger partial charge < -0.3 is 10.1 Å². The number of ether oxygens (including phenoxy) is 1. The topological polar surface area (TPSA) is 64.4 Å². The molecule has 0 radical (unpaired) electrons. The molecular weight excluding hydrogens is 227 g/mol. The minimum atomic E-state index is -0.625. The van der Waals surface area contributed by atoms with Gasteiger partial charge in [0.2, 0.25) is 0 Å². The number of hydrogen-bond donors (Lipinski definition) is 1. The Labute approximate surface area is 98.7 Å². The Morgan fingerprint density at radius 2 is 2.29 bits per heavy atom. The van der Waals surface area contributed by atoms with E-state index in [1.165, 1.54) is 12.1 Å². The molecule has 0 bridgehead atoms. The smallest absolute Gasteiger partial charge is 0.295 e. The van der Waals surface area contributed by atoms with Gasteiger partial charge in [-0.1, -0.05) is 0 Å². The van der Waals surface area contributed by atoms with Gasteiger partial charge in [0.1, 0.15) is 11.5 Å². The molecular formula is C11H15FN2O3. The standard InChI is InChI=1S/C11H15FN2O3/c1-3-17-7-8(2)13-10-5-4-9(12)6-11(10)14(15)16/h4-6,8,13H,3,7H2,1-2H3. The van der Waals surface area contributed by atoms with E-state index in [2.05, 4.69) is 5.32 Å². The van der Waals surface area contributed by atoms with Gasteiger partial charge in [-0.15, -0.1) is 0 Å². The molecule has 0 fully saturated rings. The summed E-state index contributed by atoms with van der Waals surface area (Å²) in [6, 6.07) is 3.35. The molecule has 0 aliphatic heterocycles. The molecule has 1 atom stereocenters. The van der Waals surface area contributed by atoms with Crippen LogP contribution in [0.3, 0.4) is 0 Å². The summed E-state index contributed by atoms with van der Waals surface area (Å²) >= 11 is 0. The van der Waals surface area contributed by atoms with Crippen molar-refractivity contribution in [1.29, 1.82) is 0 Å². The van der Waals surface area contributed by atoms with Crippen LogP contribution in [0.1, 0.15) is 13.8 Å². The van der Waals surface area contributed by atoms with E-state index in [0.29, 0.717) is 18.9 Å². The zero-order valence-corrected chi connectivity index (χ0v) is 9.77. The summed E-state index contributed by atoms with van der Waals surface area (Å²) in [7, 11) is 0. The van der Waals surface area contributed by atoms with Gasteiger partial charge in [-0.3, -0.25) is 10.1 Å². The fraction of sp³-hybridized carbons (Fsp3) is 0.455. The third-order valence-corrected chi connectivity index (χ3v) is 2.13. The molecule has 1 rings (SSSR count). The molecule has 94 valence electrons. The number of nitro benzene ring substituents is 1. The van der Waals surface area contributed by atoms with Crippen molar-refractivity contribution in [2.75, 3.05) is 18.5 Å². The zero-order chi connectivity index (χ0) is 12.8. The Morgan fingerprint density at radius 3 is 2.88 bits per heavy atom. The molecule has 5 nitrogen and oxygen atoms in total. The number of hydrogen-bond acceptors (Lipinski definition) is 4. The largest absolute Gasteiger partial charge is 0.380 e. The molecule has 0 saturated carbocycles. The molecule has 1 N–H and O–H groups in total. The number of nitrogens with one attached hydrogen (secondary N) is 1. The molecule has 6 heteroatoms. The highest BCUT2D eigenvalue weighted by Crippen LogP contribution is 2.25. The third-order valence-electron chi connectivity index (χ3n) is 2.13. The fourth-order valence-corrected chi connectivity index (χ4v) is 1.38. The van der Waals surface area contributed by atoms with Crippen LogP contribution in [0.25, 0.3) is 0 Å². The minimum Gasteiger partial charge on any atom is -0.380 e. The van der Waals surface area contributed by atoms with Crippen LogP contribution in [-0.4, -0.2) is 24.2 Å². The molecule has 1 unspecified atom stereocenters. The highest BCUT2D eigenvalue weighted by Gasteiger charge is 2.16. The lowest BCUT2D eigenvalue weighted by Gasteiger charge is -2.14. The lowest BCUT2D eigenvalue weighted by Crippen LogP contribution is -2.22. The summed E-state index contributed by atoms with van der Waals surface area (Å²) in [5.74, 6) is -0.625. The second-order valence-corrected chi connectivity index (χ2v) is 3.62. The normalized spacial score (nSPS) is 12.2. The van der Waals surface area contributed by atoms with E-state index in [0.717, 1.165) is 6.07 Å². The number of nitrogens with zero attached hydrogens (tertiary/aromatic N) is 1. The molecule has 17 heavy (non-hydrogen) atoms. The quantitative estimate of drug-likeness (QED) is 0.615. The third kappa shape index (κ3) is 3.99. The van der Waals surface area contributed by atoms with Crippen LogP contribution in [0.4, 0.5) is 15.8 Å². The first kappa shape index (κ1) is 13.4. The predicted molar refractivity (Wildman–Crippen MR) is 62.6 cm³/mol. The highest BCUT2D eigenvalue weighted by atomic mass is 19.1. The summed E-state index contributed by atoms with van der Waals surface area (Å²) < 4.78 is 18.1. The molecule has 0 amide bonds. The van der Waals surface area contributed by atoms with E-state index < -0.39 is 10.7 Å². The van der Waals surface area contributed by atoms with Crippen LogP contribution in [-0.2, 0) is 4.74 Å². The molecule has 1 aromatic carbocycles. The van der Waals surface area contributed by atoms with Crippen molar-refractivity contribution in [2.45, 2.75) is 19.9 Å². The monoisotopic (exact) mass is 242 g/mol. The summed E-state index contributed by atoms with van der Waals surface area (Å²) in [4.78, 5) is 10.1. The SMILES string of the molecule is CCOCC(C)Nc1ccc(F)cc1[N+](=O)[O-]. The average Bonchev–Trinajstić information content (AvgIpc) is 2.28. The van der Waals surface area contributed by atoms with E-state index in [9.17, 15) is 14.5 Å². The van der Waals surface area contributed by atoms with Crippen molar-refractivity contribution in [2.24, 2.45) is 0 Å². The highest BCUT2D eigenvalue weighted by molar-refractivity contribution is 5.61. The second kappa shape index (κ2) is 6.15. The van der Waals surface area contributed by atoms with Crippen LogP contribution in [0.2, 0.25) is 0 Å². The van der Waals surface area contributed by atoms with E-state index in [-0.39, 0.29) is 11.7 Å². The van der Waals surface area contributed by atoms with Gasteiger partial charge in [0.05, 0.1) is 17.6 Å². The zero-order valence-electron chi connectivity index (χ0n) is 9.77. The number of benzene rings is 1. The second-order valence-electron chi connectivity index (χ2n) is 3.62. The fourth-order valence-electron chi connectivity index (χ4n) is 1.38. The first-order valence-electron chi connectivity index (χ1n) is 5.32. The van der Waals surface area contributed by atoms with Crippen molar-refractivity contribution in [3.8, 4) is 0 Å². The summed E-state index contributed by atoms with van der Waals surface area (Å²) in [5, 5.41) is 13.7. The van der Waals surface area contributed by atoms with Crippen molar-refractivity contribution in [3.05, 3.63) is 34.1 Å². The molecule has 0 aliphatic carbocycles. The Hall–Kier alpha value is -1.69. The summed E-state index contributed by atoms with van der Waals surface area (Å²) in [6.45, 7) is 4.72. The number of halogens is 1. The Morgan fingerprint density at radius 1 is 1.59 bits per heavy atom. The lowest BCUT2D eigenvalue weighted by molar-refractivity contribution is -0.384. The predicted octanol–water partition coefficient (Wildman–Crippen LogP) is 2.57. The summed E-state index contributed by atoms with van der Waals surface area (Å²) in [6.07, 6.45) is 0. The molecule has 1 aromatic rings. The van der Waals surface area contributed by atoms with E-state index in [1.54, 1.807) is 0 Å². The molecule has 0 saturated heterocycles. The maximum Gasteiger partial charge on any atom is 0.295 e. The van der Waals surface area contributed by atoms with Crippen LogP contribution in [0, 0.1) is 15.9 Å². The van der Waals surface area contributed by atoms with Crippen molar-refractivity contribution in [1.82, 2.24) is 0 Å². The van der Waals surface area contributed by atoms with Crippen molar-refractivity contribution < 1.29 is 14.1 Å². The van der Waals surface area contributed by atoms with E-state index in [4.69, 9.17) is 4.74 Å². The first-order valence-corrected chi connectivity index (χ1v) is 5.32. The van der Waals surface area contributed by atoms with Crippen LogP contribution in [0.5, 0.6) is 0 Å². The maximum absolute atomic E-state index is 12.9. The van der Waals surface area contributed by atoms with Gasteiger partial charge in [0, 0.05) is 12.6 Å². The molecule has 0 aliphatic rings. The Balaban J connectivity index is 2.79. The number of nitro groups is 1. The molecule has 0 aromatic heterocycles. The van der Waals surface area contributed by atoms with Crippen LogP contribution in [0.15, 0.2) is 18.2 Å². The summed E-state index contributed by atoms with van der Waals surface area (Å²) in [5.41, 5.74) is 0.0250. The number of rotatable bonds is 6. The lowest BCUT2D eigenvalue weighted by atomic mass is 10.2. The number of anilines is 1. The minimum absolute atomic E-state index is 0.0842. The van der Waals surface area contributed by atoms with E-state index in [1.807, 2.05) is 13.8 Å².